The summed E-state index contributed by atoms with van der Waals surface area (Å²) < 4.78 is 6.25. The first-order valence-corrected chi connectivity index (χ1v) is 14.2. The third-order valence-corrected chi connectivity index (χ3v) is 11.0. The molecule has 1 aromatic carbocycles. The zero-order valence-corrected chi connectivity index (χ0v) is 23.8. The molecule has 1 aromatic heterocycles. The summed E-state index contributed by atoms with van der Waals surface area (Å²) in [4.78, 5) is 15.8. The Morgan fingerprint density at radius 1 is 0.944 bits per heavy atom. The second-order valence-corrected chi connectivity index (χ2v) is 15.2. The number of rotatable bonds is 3. The van der Waals surface area contributed by atoms with Crippen LogP contribution in [-0.2, 0) is 17.3 Å². The summed E-state index contributed by atoms with van der Waals surface area (Å²) in [6.07, 6.45) is 8.01. The molecule has 3 heteroatoms. The van der Waals surface area contributed by atoms with Crippen molar-refractivity contribution < 1.29 is 9.21 Å². The zero-order valence-electron chi connectivity index (χ0n) is 23.8. The van der Waals surface area contributed by atoms with E-state index in [0.29, 0.717) is 28.0 Å². The largest absolute Gasteiger partial charge is 0.456 e. The van der Waals surface area contributed by atoms with Crippen LogP contribution in [0.1, 0.15) is 126 Å². The fourth-order valence-electron chi connectivity index (χ4n) is 8.87. The van der Waals surface area contributed by atoms with Crippen LogP contribution in [0.3, 0.4) is 0 Å². The second kappa shape index (κ2) is 7.29. The van der Waals surface area contributed by atoms with Crippen molar-refractivity contribution in [3.8, 4) is 0 Å². The summed E-state index contributed by atoms with van der Waals surface area (Å²) in [6.45, 7) is 19.9. The van der Waals surface area contributed by atoms with Crippen molar-refractivity contribution in [1.29, 1.82) is 0 Å². The van der Waals surface area contributed by atoms with Crippen LogP contribution >= 0.6 is 0 Å². The molecular formula is C33H45NO2. The summed E-state index contributed by atoms with van der Waals surface area (Å²) in [7, 11) is 0. The van der Waals surface area contributed by atoms with Crippen LogP contribution in [-0.4, -0.2) is 23.4 Å². The highest BCUT2D eigenvalue weighted by molar-refractivity contribution is 5.92. The standard InChI is InChI=1S/C33H45NO2/c1-21-15-24-25(31(6,7)12-11-30(24,4)5)17-22(21)16-23-9-10-26(36-23)28(35)34-14-13-32(8)19-29(2,3)20-33(32)18-27(33)34/h9-10,15,17,27H,11-14,16,18-20H2,1-8H3. The fraction of sp³-hybridized carbons (Fsp3) is 0.667. The van der Waals surface area contributed by atoms with Crippen LogP contribution in [0, 0.1) is 23.2 Å². The smallest absolute Gasteiger partial charge is 0.289 e. The second-order valence-electron chi connectivity index (χ2n) is 15.2. The number of nitrogens with zero attached hydrogens (tertiary/aromatic N) is 1. The van der Waals surface area contributed by atoms with Gasteiger partial charge in [-0.2, -0.15) is 0 Å². The van der Waals surface area contributed by atoms with Gasteiger partial charge in [0.15, 0.2) is 5.76 Å². The normalized spacial score (nSPS) is 33.0. The highest BCUT2D eigenvalue weighted by Crippen LogP contribution is 2.76. The first kappa shape index (κ1) is 24.3. The van der Waals surface area contributed by atoms with Gasteiger partial charge < -0.3 is 9.32 Å². The van der Waals surface area contributed by atoms with Gasteiger partial charge in [-0.3, -0.25) is 4.79 Å². The molecule has 36 heavy (non-hydrogen) atoms. The number of carbonyl (C=O) groups is 1. The van der Waals surface area contributed by atoms with E-state index in [9.17, 15) is 4.79 Å². The molecule has 1 saturated heterocycles. The van der Waals surface area contributed by atoms with Gasteiger partial charge in [0.25, 0.3) is 5.91 Å². The van der Waals surface area contributed by atoms with Crippen LogP contribution in [0.4, 0.5) is 0 Å². The topological polar surface area (TPSA) is 33.5 Å². The van der Waals surface area contributed by atoms with E-state index in [-0.39, 0.29) is 16.7 Å². The Bertz CT molecular complexity index is 1250. The number of benzene rings is 1. The number of aryl methyl sites for hydroxylation is 1. The van der Waals surface area contributed by atoms with Crippen LogP contribution in [0.2, 0.25) is 0 Å². The molecule has 194 valence electrons. The first-order chi connectivity index (χ1) is 16.7. The third kappa shape index (κ3) is 3.47. The highest BCUT2D eigenvalue weighted by atomic mass is 16.4. The quantitative estimate of drug-likeness (QED) is 0.440. The van der Waals surface area contributed by atoms with Gasteiger partial charge >= 0.3 is 0 Å². The Balaban J connectivity index is 1.22. The maximum Gasteiger partial charge on any atom is 0.289 e. The van der Waals surface area contributed by atoms with Gasteiger partial charge in [0, 0.05) is 19.0 Å². The average Bonchev–Trinajstić information content (AvgIpc) is 3.22. The summed E-state index contributed by atoms with van der Waals surface area (Å²) in [5.74, 6) is 1.51. The van der Waals surface area contributed by atoms with Crippen molar-refractivity contribution in [3.63, 3.8) is 0 Å². The van der Waals surface area contributed by atoms with E-state index in [2.05, 4.69) is 72.4 Å². The van der Waals surface area contributed by atoms with E-state index in [0.717, 1.165) is 25.1 Å². The lowest BCUT2D eigenvalue weighted by Gasteiger charge is -2.42. The van der Waals surface area contributed by atoms with Crippen molar-refractivity contribution in [2.75, 3.05) is 6.54 Å². The van der Waals surface area contributed by atoms with E-state index < -0.39 is 0 Å². The fourth-order valence-corrected chi connectivity index (χ4v) is 8.87. The van der Waals surface area contributed by atoms with Gasteiger partial charge in [0.2, 0.25) is 0 Å². The van der Waals surface area contributed by atoms with E-state index in [1.165, 1.54) is 54.4 Å². The number of fused-ring (bicyclic) bond motifs is 1. The van der Waals surface area contributed by atoms with Gasteiger partial charge in [-0.1, -0.05) is 60.6 Å². The minimum absolute atomic E-state index is 0.0972. The predicted octanol–water partition coefficient (Wildman–Crippen LogP) is 7.96. The molecule has 3 fully saturated rings. The van der Waals surface area contributed by atoms with Crippen molar-refractivity contribution in [1.82, 2.24) is 4.90 Å². The van der Waals surface area contributed by atoms with E-state index in [4.69, 9.17) is 4.42 Å². The Morgan fingerprint density at radius 3 is 2.31 bits per heavy atom. The highest BCUT2D eigenvalue weighted by Gasteiger charge is 2.73. The van der Waals surface area contributed by atoms with Gasteiger partial charge in [-0.25, -0.2) is 0 Å². The Hall–Kier alpha value is -2.03. The monoisotopic (exact) mass is 487 g/mol. The number of furan rings is 1. The lowest BCUT2D eigenvalue weighted by molar-refractivity contribution is 0.0415. The molecule has 3 atom stereocenters. The van der Waals surface area contributed by atoms with Gasteiger partial charge in [0.05, 0.1) is 0 Å². The molecule has 1 amide bonds. The summed E-state index contributed by atoms with van der Waals surface area (Å²) >= 11 is 0. The number of hydrogen-bond acceptors (Lipinski definition) is 2. The van der Waals surface area contributed by atoms with Crippen LogP contribution < -0.4 is 0 Å². The Morgan fingerprint density at radius 2 is 1.61 bits per heavy atom. The average molecular weight is 488 g/mol. The minimum atomic E-state index is 0.0972. The maximum atomic E-state index is 13.6. The number of amides is 1. The third-order valence-electron chi connectivity index (χ3n) is 11.0. The number of hydrogen-bond donors (Lipinski definition) is 0. The van der Waals surface area contributed by atoms with Gasteiger partial charge in [-0.05, 0) is 107 Å². The molecular weight excluding hydrogens is 442 g/mol. The van der Waals surface area contributed by atoms with Crippen molar-refractivity contribution >= 4 is 5.91 Å². The molecule has 1 spiro atoms. The van der Waals surface area contributed by atoms with Crippen molar-refractivity contribution in [2.24, 2.45) is 16.2 Å². The number of piperidine rings is 1. The first-order valence-electron chi connectivity index (χ1n) is 14.2. The molecule has 3 aliphatic carbocycles. The molecule has 3 nitrogen and oxygen atoms in total. The predicted molar refractivity (Wildman–Crippen MR) is 146 cm³/mol. The molecule has 1 aliphatic heterocycles. The van der Waals surface area contributed by atoms with E-state index >= 15 is 0 Å². The molecule has 6 rings (SSSR count). The Labute approximate surface area is 218 Å². The lowest BCUT2D eigenvalue weighted by Crippen LogP contribution is -2.46. The molecule has 2 aromatic rings. The SMILES string of the molecule is Cc1cc2c(cc1Cc1ccc(C(=O)N3CCC4(C)CC(C)(C)CC45CC35)o1)C(C)(C)CCC2(C)C. The number of carbonyl (C=O) groups excluding carboxylic acids is 1. The molecule has 4 aliphatic rings. The molecule has 2 heterocycles. The maximum absolute atomic E-state index is 13.6. The molecule has 2 saturated carbocycles. The lowest BCUT2D eigenvalue weighted by atomic mass is 9.62. The molecule has 0 N–H and O–H groups in total. The van der Waals surface area contributed by atoms with Crippen LogP contribution in [0.25, 0.3) is 0 Å². The minimum Gasteiger partial charge on any atom is -0.456 e. The van der Waals surface area contributed by atoms with E-state index in [1.807, 2.05) is 12.1 Å². The summed E-state index contributed by atoms with van der Waals surface area (Å²) in [5.41, 5.74) is 7.14. The number of likely N-dealkylation sites (tertiary alicyclic amines) is 1. The van der Waals surface area contributed by atoms with Gasteiger partial charge in [-0.15, -0.1) is 0 Å². The van der Waals surface area contributed by atoms with E-state index in [1.54, 1.807) is 0 Å². The molecule has 0 bridgehead atoms. The Kier molecular flexibility index (Phi) is 4.93. The molecule has 3 unspecified atom stereocenters. The van der Waals surface area contributed by atoms with Crippen LogP contribution in [0.5, 0.6) is 0 Å². The summed E-state index contributed by atoms with van der Waals surface area (Å²) in [5, 5.41) is 0. The summed E-state index contributed by atoms with van der Waals surface area (Å²) in [6, 6.07) is 9.18. The van der Waals surface area contributed by atoms with Crippen molar-refractivity contribution in [3.05, 3.63) is 58.0 Å². The van der Waals surface area contributed by atoms with Crippen molar-refractivity contribution in [2.45, 2.75) is 117 Å². The van der Waals surface area contributed by atoms with Crippen LogP contribution in [0.15, 0.2) is 28.7 Å². The molecule has 0 radical (unpaired) electrons. The zero-order chi connectivity index (χ0) is 25.9. The van der Waals surface area contributed by atoms with Gasteiger partial charge in [0.1, 0.15) is 5.76 Å².